The van der Waals surface area contributed by atoms with E-state index in [-0.39, 0.29) is 17.9 Å². The highest BCUT2D eigenvalue weighted by Gasteiger charge is 2.72. The monoisotopic (exact) mass is 457 g/mol. The maximum absolute atomic E-state index is 12.9. The average molecular weight is 458 g/mol. The topological polar surface area (TPSA) is 94.7 Å². The normalized spacial score (nSPS) is 33.0. The number of rotatable bonds is 4. The van der Waals surface area contributed by atoms with Gasteiger partial charge in [0.1, 0.15) is 0 Å². The summed E-state index contributed by atoms with van der Waals surface area (Å²) in [7, 11) is 0. The molecule has 1 spiro atoms. The SMILES string of the molecule is NCCc1ccc2[nH]c3c(c2c1)C[C@@]1(O)[C@@H]2Cc4ccc(O)c5c4[C@@]1(CCN2CC1CC1)[C@H]3O5. The largest absolute Gasteiger partial charge is 0.504 e. The van der Waals surface area contributed by atoms with Gasteiger partial charge in [-0.2, -0.15) is 0 Å². The van der Waals surface area contributed by atoms with Crippen molar-refractivity contribution in [1.82, 2.24) is 9.88 Å². The number of aromatic nitrogens is 1. The number of nitrogens with zero attached hydrogens (tertiary/aromatic N) is 1. The summed E-state index contributed by atoms with van der Waals surface area (Å²) in [5.41, 5.74) is 11.2. The minimum Gasteiger partial charge on any atom is -0.504 e. The van der Waals surface area contributed by atoms with Gasteiger partial charge in [0.05, 0.1) is 16.7 Å². The number of hydrogen-bond acceptors (Lipinski definition) is 5. The Kier molecular flexibility index (Phi) is 3.69. The van der Waals surface area contributed by atoms with Crippen LogP contribution >= 0.6 is 0 Å². The Morgan fingerprint density at radius 3 is 2.91 bits per heavy atom. The molecule has 2 aliphatic heterocycles. The van der Waals surface area contributed by atoms with E-state index in [1.807, 2.05) is 0 Å². The maximum Gasteiger partial charge on any atom is 0.166 e. The number of benzene rings is 2. The summed E-state index contributed by atoms with van der Waals surface area (Å²) in [5.74, 6) is 1.55. The Bertz CT molecular complexity index is 1360. The van der Waals surface area contributed by atoms with Crippen molar-refractivity contribution >= 4 is 10.9 Å². The fraction of sp³-hybridized carbons (Fsp3) is 0.500. The molecule has 176 valence electrons. The lowest BCUT2D eigenvalue weighted by atomic mass is 9.49. The molecule has 34 heavy (non-hydrogen) atoms. The standard InChI is InChI=1S/C28H31N3O3/c29-9-7-15-3-5-20-18(11-15)19-13-28(33)22-12-17-4-6-21(32)25-23(17)27(28,26(34-25)24(19)30-20)8-10-31(22)14-16-1-2-16/h3-6,11,16,22,26,30,32-33H,1-2,7-10,12-14,29H2/t22-,26-,27-,28+/m0/s1. The molecule has 0 radical (unpaired) electrons. The summed E-state index contributed by atoms with van der Waals surface area (Å²) in [6.07, 6.45) is 5.39. The number of hydrogen-bond donors (Lipinski definition) is 4. The minimum absolute atomic E-state index is 0.0567. The predicted octanol–water partition coefficient (Wildman–Crippen LogP) is 3.07. The maximum atomic E-state index is 12.9. The van der Waals surface area contributed by atoms with Crippen LogP contribution in [0.1, 0.15) is 53.3 Å². The lowest BCUT2D eigenvalue weighted by Gasteiger charge is -2.62. The van der Waals surface area contributed by atoms with Crippen molar-refractivity contribution < 1.29 is 14.9 Å². The van der Waals surface area contributed by atoms with Crippen LogP contribution in [0.15, 0.2) is 30.3 Å². The number of aliphatic hydroxyl groups is 1. The Hall–Kier alpha value is -2.54. The molecule has 5 N–H and O–H groups in total. The second kappa shape index (κ2) is 6.36. The van der Waals surface area contributed by atoms with Crippen molar-refractivity contribution in [3.8, 4) is 11.5 Å². The number of phenolic OH excluding ortho intramolecular Hbond substituents is 1. The predicted molar refractivity (Wildman–Crippen MR) is 129 cm³/mol. The fourth-order valence-electron chi connectivity index (χ4n) is 7.99. The van der Waals surface area contributed by atoms with E-state index < -0.39 is 11.0 Å². The van der Waals surface area contributed by atoms with E-state index in [1.54, 1.807) is 6.07 Å². The van der Waals surface area contributed by atoms with Crippen molar-refractivity contribution in [1.29, 1.82) is 0 Å². The van der Waals surface area contributed by atoms with Crippen LogP contribution in [0.3, 0.4) is 0 Å². The highest BCUT2D eigenvalue weighted by molar-refractivity contribution is 5.87. The average Bonchev–Trinajstić information content (AvgIpc) is 3.46. The van der Waals surface area contributed by atoms with E-state index in [1.165, 1.54) is 34.9 Å². The molecule has 1 saturated carbocycles. The molecule has 2 fully saturated rings. The number of fused-ring (bicyclic) bond motifs is 4. The van der Waals surface area contributed by atoms with Crippen LogP contribution in [-0.4, -0.2) is 51.4 Å². The van der Waals surface area contributed by atoms with Crippen molar-refractivity contribution in [2.24, 2.45) is 11.7 Å². The number of phenols is 1. The van der Waals surface area contributed by atoms with Crippen molar-refractivity contribution in [2.45, 2.75) is 61.7 Å². The van der Waals surface area contributed by atoms with Gasteiger partial charge in [-0.1, -0.05) is 12.1 Å². The number of H-pyrrole nitrogens is 1. The smallest absolute Gasteiger partial charge is 0.166 e. The number of nitrogens with two attached hydrogens (primary N) is 1. The van der Waals surface area contributed by atoms with E-state index >= 15 is 0 Å². The molecule has 3 aromatic rings. The lowest BCUT2D eigenvalue weighted by molar-refractivity contribution is -0.173. The van der Waals surface area contributed by atoms with Gasteiger partial charge in [0.25, 0.3) is 0 Å². The van der Waals surface area contributed by atoms with Crippen molar-refractivity contribution in [2.75, 3.05) is 19.6 Å². The molecule has 8 rings (SSSR count). The minimum atomic E-state index is -0.942. The molecular weight excluding hydrogens is 426 g/mol. The first kappa shape index (κ1) is 19.7. The second-order valence-corrected chi connectivity index (χ2v) is 11.4. The van der Waals surface area contributed by atoms with Crippen LogP contribution in [0, 0.1) is 5.92 Å². The third-order valence-corrected chi connectivity index (χ3v) is 9.66. The van der Waals surface area contributed by atoms with E-state index in [0.29, 0.717) is 18.7 Å². The van der Waals surface area contributed by atoms with Gasteiger partial charge < -0.3 is 25.7 Å². The molecule has 1 saturated heterocycles. The number of likely N-dealkylation sites (tertiary alicyclic amines) is 1. The number of aromatic amines is 1. The third kappa shape index (κ3) is 2.23. The summed E-state index contributed by atoms with van der Waals surface area (Å²) < 4.78 is 6.66. The molecular formula is C28H31N3O3. The highest BCUT2D eigenvalue weighted by atomic mass is 16.5. The van der Waals surface area contributed by atoms with Gasteiger partial charge in [0.2, 0.25) is 0 Å². The van der Waals surface area contributed by atoms with E-state index in [0.717, 1.165) is 55.0 Å². The van der Waals surface area contributed by atoms with Gasteiger partial charge in [-0.05, 0) is 86.0 Å². The quantitative estimate of drug-likeness (QED) is 0.483. The molecule has 6 heteroatoms. The molecule has 1 aromatic heterocycles. The van der Waals surface area contributed by atoms with Crippen molar-refractivity contribution in [3.63, 3.8) is 0 Å². The Morgan fingerprint density at radius 1 is 1.21 bits per heavy atom. The molecule has 0 amide bonds. The van der Waals surface area contributed by atoms with Crippen LogP contribution < -0.4 is 10.5 Å². The summed E-state index contributed by atoms with van der Waals surface area (Å²) in [4.78, 5) is 6.26. The second-order valence-electron chi connectivity index (χ2n) is 11.4. The summed E-state index contributed by atoms with van der Waals surface area (Å²) in [6, 6.07) is 10.4. The number of ether oxygens (including phenoxy) is 1. The molecule has 2 bridgehead atoms. The van der Waals surface area contributed by atoms with Crippen LogP contribution in [0.4, 0.5) is 0 Å². The number of nitrogens with one attached hydrogen (secondary N) is 1. The first-order chi connectivity index (χ1) is 16.5. The van der Waals surface area contributed by atoms with Gasteiger partial charge in [-0.3, -0.25) is 4.90 Å². The van der Waals surface area contributed by atoms with E-state index in [4.69, 9.17) is 10.5 Å². The number of piperidine rings is 1. The molecule has 6 nitrogen and oxygen atoms in total. The zero-order valence-corrected chi connectivity index (χ0v) is 19.3. The van der Waals surface area contributed by atoms with Crippen LogP contribution in [0.2, 0.25) is 0 Å². The van der Waals surface area contributed by atoms with E-state index in [2.05, 4.69) is 34.1 Å². The first-order valence-electron chi connectivity index (χ1n) is 12.9. The molecule has 5 aliphatic rings. The van der Waals surface area contributed by atoms with Gasteiger partial charge >= 0.3 is 0 Å². The molecule has 3 aliphatic carbocycles. The Morgan fingerprint density at radius 2 is 2.09 bits per heavy atom. The fourth-order valence-corrected chi connectivity index (χ4v) is 7.99. The zero-order chi connectivity index (χ0) is 22.8. The number of aromatic hydroxyl groups is 1. The van der Waals surface area contributed by atoms with Crippen LogP contribution in [0.5, 0.6) is 11.5 Å². The van der Waals surface area contributed by atoms with Crippen LogP contribution in [0.25, 0.3) is 10.9 Å². The van der Waals surface area contributed by atoms with Crippen molar-refractivity contribution in [3.05, 3.63) is 58.3 Å². The third-order valence-electron chi connectivity index (χ3n) is 9.66. The molecule has 4 atom stereocenters. The zero-order valence-electron chi connectivity index (χ0n) is 19.3. The van der Waals surface area contributed by atoms with Gasteiger partial charge in [0, 0.05) is 35.5 Å². The summed E-state index contributed by atoms with van der Waals surface area (Å²) in [5, 5.41) is 24.9. The molecule has 0 unspecified atom stereocenters. The first-order valence-corrected chi connectivity index (χ1v) is 12.9. The molecule has 3 heterocycles. The van der Waals surface area contributed by atoms with Gasteiger partial charge in [0.15, 0.2) is 17.6 Å². The van der Waals surface area contributed by atoms with Gasteiger partial charge in [-0.25, -0.2) is 0 Å². The van der Waals surface area contributed by atoms with E-state index in [9.17, 15) is 10.2 Å². The lowest BCUT2D eigenvalue weighted by Crippen LogP contribution is -2.74. The van der Waals surface area contributed by atoms with Gasteiger partial charge in [-0.15, -0.1) is 0 Å². The Balaban J connectivity index is 1.38. The van der Waals surface area contributed by atoms with Crippen LogP contribution in [-0.2, 0) is 24.7 Å². The summed E-state index contributed by atoms with van der Waals surface area (Å²) >= 11 is 0. The summed E-state index contributed by atoms with van der Waals surface area (Å²) in [6.45, 7) is 2.66. The Labute approximate surface area is 198 Å². The highest BCUT2D eigenvalue weighted by Crippen LogP contribution is 2.69. The molecule has 2 aromatic carbocycles.